The first-order chi connectivity index (χ1) is 10.7. The third kappa shape index (κ3) is 1.89. The summed E-state index contributed by atoms with van der Waals surface area (Å²) >= 11 is 0. The third-order valence-corrected chi connectivity index (χ3v) is 3.93. The van der Waals surface area contributed by atoms with Crippen molar-refractivity contribution in [1.29, 1.82) is 0 Å². The van der Waals surface area contributed by atoms with Crippen LogP contribution >= 0.6 is 0 Å². The fourth-order valence-electron chi connectivity index (χ4n) is 2.98. The van der Waals surface area contributed by atoms with Crippen LogP contribution in [0.5, 0.6) is 0 Å². The highest BCUT2D eigenvalue weighted by Gasteiger charge is 2.13. The Morgan fingerprint density at radius 3 is 2.32 bits per heavy atom. The maximum Gasteiger partial charge on any atom is 0.237 e. The summed E-state index contributed by atoms with van der Waals surface area (Å²) < 4.78 is 4.07. The molecule has 0 spiro atoms. The van der Waals surface area contributed by atoms with E-state index in [1.807, 2.05) is 41.0 Å². The molecule has 2 aromatic carbocycles. The Hall–Kier alpha value is -3.01. The minimum atomic E-state index is -0.342. The van der Waals surface area contributed by atoms with Crippen molar-refractivity contribution in [2.45, 2.75) is 6.54 Å². The molecule has 1 amide bonds. The molecule has 4 nitrogen and oxygen atoms in total. The lowest BCUT2D eigenvalue weighted by Crippen LogP contribution is -2.18. The number of carbonyl (C=O) groups is 1. The lowest BCUT2D eigenvalue weighted by atomic mass is 10.1. The molecule has 4 heteroatoms. The summed E-state index contributed by atoms with van der Waals surface area (Å²) in [6, 6.07) is 20.3. The molecule has 4 aromatic rings. The summed E-state index contributed by atoms with van der Waals surface area (Å²) in [4.78, 5) is 11.4. The van der Waals surface area contributed by atoms with Crippen LogP contribution in [0.2, 0.25) is 0 Å². The maximum absolute atomic E-state index is 11.4. The number of aromatic nitrogens is 2. The zero-order chi connectivity index (χ0) is 15.1. The predicted molar refractivity (Wildman–Crippen MR) is 87.5 cm³/mol. The number of nitrogens with two attached hydrogens (primary N) is 1. The second-order valence-electron chi connectivity index (χ2n) is 5.36. The maximum atomic E-state index is 11.4. The summed E-state index contributed by atoms with van der Waals surface area (Å²) in [6.45, 7) is 0.176. The smallest absolute Gasteiger partial charge is 0.237 e. The van der Waals surface area contributed by atoms with Crippen molar-refractivity contribution < 1.29 is 4.79 Å². The molecule has 0 aliphatic carbocycles. The molecule has 0 bridgehead atoms. The molecule has 4 rings (SSSR count). The number of hydrogen-bond donors (Lipinski definition) is 1. The van der Waals surface area contributed by atoms with E-state index in [1.165, 1.54) is 0 Å². The second kappa shape index (κ2) is 4.77. The van der Waals surface area contributed by atoms with E-state index in [0.29, 0.717) is 0 Å². The van der Waals surface area contributed by atoms with Gasteiger partial charge in [-0.2, -0.15) is 0 Å². The predicted octanol–water partition coefficient (Wildman–Crippen LogP) is 3.05. The number of para-hydroxylation sites is 2. The van der Waals surface area contributed by atoms with E-state index in [1.54, 1.807) is 0 Å². The molecular weight excluding hydrogens is 274 g/mol. The number of amides is 1. The van der Waals surface area contributed by atoms with Crippen LogP contribution in [0, 0.1) is 0 Å². The quantitative estimate of drug-likeness (QED) is 0.619. The van der Waals surface area contributed by atoms with Crippen LogP contribution in [-0.2, 0) is 11.3 Å². The zero-order valence-corrected chi connectivity index (χ0v) is 11.9. The van der Waals surface area contributed by atoms with E-state index in [4.69, 9.17) is 5.73 Å². The van der Waals surface area contributed by atoms with Crippen molar-refractivity contribution in [2.75, 3.05) is 0 Å². The number of rotatable bonds is 3. The number of carbonyl (C=O) groups excluding carboxylic acids is 1. The fraction of sp³-hybridized carbons (Fsp3) is 0.0556. The van der Waals surface area contributed by atoms with E-state index in [-0.39, 0.29) is 12.5 Å². The highest BCUT2D eigenvalue weighted by Crippen LogP contribution is 2.28. The van der Waals surface area contributed by atoms with Crippen molar-refractivity contribution in [2.24, 2.45) is 5.73 Å². The third-order valence-electron chi connectivity index (χ3n) is 3.93. The average molecular weight is 289 g/mol. The minimum Gasteiger partial charge on any atom is -0.368 e. The molecule has 0 saturated carbocycles. The van der Waals surface area contributed by atoms with Gasteiger partial charge in [0.1, 0.15) is 12.2 Å². The van der Waals surface area contributed by atoms with Crippen LogP contribution < -0.4 is 5.73 Å². The van der Waals surface area contributed by atoms with E-state index in [9.17, 15) is 4.79 Å². The molecule has 0 radical (unpaired) electrons. The topological polar surface area (TPSA) is 52.4 Å². The molecule has 0 aliphatic rings. The van der Waals surface area contributed by atoms with Gasteiger partial charge in [-0.15, -0.1) is 0 Å². The van der Waals surface area contributed by atoms with Crippen molar-refractivity contribution >= 4 is 22.6 Å². The zero-order valence-electron chi connectivity index (χ0n) is 11.9. The van der Waals surface area contributed by atoms with Gasteiger partial charge < -0.3 is 14.7 Å². The first kappa shape index (κ1) is 12.7. The lowest BCUT2D eigenvalue weighted by Gasteiger charge is -2.02. The largest absolute Gasteiger partial charge is 0.368 e. The molecule has 0 fully saturated rings. The standard InChI is InChI=1S/C18H15N3O/c19-17(22)12-21-16-9-5-4-8-15(16)20-11-14(10-18(20)21)13-6-2-1-3-7-13/h1-11H,12H2,(H2,19,22). The molecule has 2 aromatic heterocycles. The van der Waals surface area contributed by atoms with Crippen molar-refractivity contribution in [3.63, 3.8) is 0 Å². The Balaban J connectivity index is 2.01. The van der Waals surface area contributed by atoms with Gasteiger partial charge in [0.2, 0.25) is 5.91 Å². The Bertz CT molecular complexity index is 980. The number of imidazole rings is 1. The Morgan fingerprint density at radius 1 is 0.909 bits per heavy atom. The van der Waals surface area contributed by atoms with Gasteiger partial charge in [-0.1, -0.05) is 42.5 Å². The van der Waals surface area contributed by atoms with Crippen LogP contribution in [0.3, 0.4) is 0 Å². The van der Waals surface area contributed by atoms with E-state index < -0.39 is 0 Å². The first-order valence-corrected chi connectivity index (χ1v) is 7.17. The molecule has 0 saturated heterocycles. The van der Waals surface area contributed by atoms with E-state index >= 15 is 0 Å². The van der Waals surface area contributed by atoms with Gasteiger partial charge in [-0.25, -0.2) is 0 Å². The number of nitrogens with zero attached hydrogens (tertiary/aromatic N) is 2. The molecule has 0 aliphatic heterocycles. The van der Waals surface area contributed by atoms with Crippen molar-refractivity contribution in [3.8, 4) is 11.1 Å². The second-order valence-corrected chi connectivity index (χ2v) is 5.36. The minimum absolute atomic E-state index is 0.176. The monoisotopic (exact) mass is 289 g/mol. The van der Waals surface area contributed by atoms with Gasteiger partial charge in [0.05, 0.1) is 11.0 Å². The number of hydrogen-bond acceptors (Lipinski definition) is 1. The van der Waals surface area contributed by atoms with Crippen LogP contribution in [0.15, 0.2) is 66.9 Å². The number of fused-ring (bicyclic) bond motifs is 3. The molecule has 0 atom stereocenters. The van der Waals surface area contributed by atoms with Gasteiger partial charge in [0.25, 0.3) is 0 Å². The van der Waals surface area contributed by atoms with Crippen LogP contribution in [0.1, 0.15) is 0 Å². The molecule has 108 valence electrons. The average Bonchev–Trinajstić information content (AvgIpc) is 3.08. The first-order valence-electron chi connectivity index (χ1n) is 7.17. The van der Waals surface area contributed by atoms with Gasteiger partial charge in [0.15, 0.2) is 0 Å². The van der Waals surface area contributed by atoms with Gasteiger partial charge in [0, 0.05) is 11.8 Å². The Labute approximate surface area is 127 Å². The normalized spacial score (nSPS) is 11.3. The molecule has 2 heterocycles. The van der Waals surface area contributed by atoms with Gasteiger partial charge >= 0.3 is 0 Å². The highest BCUT2D eigenvalue weighted by atomic mass is 16.1. The van der Waals surface area contributed by atoms with Crippen LogP contribution in [-0.4, -0.2) is 14.9 Å². The Kier molecular flexibility index (Phi) is 2.76. The fourth-order valence-corrected chi connectivity index (χ4v) is 2.98. The van der Waals surface area contributed by atoms with Crippen molar-refractivity contribution in [3.05, 3.63) is 66.9 Å². The molecule has 2 N–H and O–H groups in total. The lowest BCUT2D eigenvalue weighted by molar-refractivity contribution is -0.118. The summed E-state index contributed by atoms with van der Waals surface area (Å²) in [7, 11) is 0. The summed E-state index contributed by atoms with van der Waals surface area (Å²) in [5.41, 5.74) is 10.7. The molecule has 0 unspecified atom stereocenters. The Morgan fingerprint density at radius 2 is 1.59 bits per heavy atom. The van der Waals surface area contributed by atoms with E-state index in [2.05, 4.69) is 34.9 Å². The van der Waals surface area contributed by atoms with E-state index in [0.717, 1.165) is 27.8 Å². The molecular formula is C18H15N3O. The van der Waals surface area contributed by atoms with Gasteiger partial charge in [-0.05, 0) is 23.8 Å². The van der Waals surface area contributed by atoms with Crippen LogP contribution in [0.4, 0.5) is 0 Å². The number of primary amides is 1. The highest BCUT2D eigenvalue weighted by molar-refractivity contribution is 5.87. The summed E-state index contributed by atoms with van der Waals surface area (Å²) in [6.07, 6.45) is 2.10. The number of benzene rings is 2. The summed E-state index contributed by atoms with van der Waals surface area (Å²) in [5, 5.41) is 0. The van der Waals surface area contributed by atoms with Crippen molar-refractivity contribution in [1.82, 2.24) is 8.97 Å². The summed E-state index contributed by atoms with van der Waals surface area (Å²) in [5.74, 6) is -0.342. The van der Waals surface area contributed by atoms with Crippen LogP contribution in [0.25, 0.3) is 27.8 Å². The SMILES string of the molecule is NC(=O)Cn1c2ccccc2n2cc(-c3ccccc3)cc12. The van der Waals surface area contributed by atoms with Gasteiger partial charge in [-0.3, -0.25) is 4.79 Å². The molecule has 22 heavy (non-hydrogen) atoms.